The van der Waals surface area contributed by atoms with Gasteiger partial charge in [0.2, 0.25) is 0 Å². The number of amides is 2. The summed E-state index contributed by atoms with van der Waals surface area (Å²) >= 11 is 1.47. The summed E-state index contributed by atoms with van der Waals surface area (Å²) in [4.78, 5) is 25.9. The number of aryl methyl sites for hydroxylation is 1. The fourth-order valence-corrected chi connectivity index (χ4v) is 4.72. The van der Waals surface area contributed by atoms with Gasteiger partial charge in [0.05, 0.1) is 23.0 Å². The van der Waals surface area contributed by atoms with Crippen LogP contribution in [0.2, 0.25) is 0 Å². The van der Waals surface area contributed by atoms with Crippen LogP contribution in [-0.4, -0.2) is 21.6 Å². The van der Waals surface area contributed by atoms with Crippen LogP contribution in [0.1, 0.15) is 50.4 Å². The Hall–Kier alpha value is -2.93. The molecule has 4 rings (SSSR count). The largest absolute Gasteiger partial charge is 0.365 e. The predicted molar refractivity (Wildman–Crippen MR) is 106 cm³/mol. The van der Waals surface area contributed by atoms with E-state index < -0.39 is 5.91 Å². The standard InChI is InChI=1S/C20H20N4O2S/c21-18(25)17-15-9-5-2-6-10-16(15)27-20(17)23-19(26)13-11-22-24(12-13)14-7-3-1-4-8-14/h1,3-4,7-8,11-12H,2,5-6,9-10H2,(H2,21,25)(H,23,26). The van der Waals surface area contributed by atoms with E-state index >= 15 is 0 Å². The Morgan fingerprint density at radius 2 is 1.89 bits per heavy atom. The summed E-state index contributed by atoms with van der Waals surface area (Å²) in [6.07, 6.45) is 8.26. The van der Waals surface area contributed by atoms with E-state index in [-0.39, 0.29) is 5.91 Å². The maximum absolute atomic E-state index is 12.7. The van der Waals surface area contributed by atoms with E-state index in [2.05, 4.69) is 10.4 Å². The third-order valence-electron chi connectivity index (χ3n) is 4.76. The predicted octanol–water partition coefficient (Wildman–Crippen LogP) is 3.55. The van der Waals surface area contributed by atoms with Crippen LogP contribution in [0, 0.1) is 0 Å². The number of hydrogen-bond donors (Lipinski definition) is 2. The van der Waals surface area contributed by atoms with E-state index in [1.54, 1.807) is 10.9 Å². The number of rotatable bonds is 4. The molecular weight excluding hydrogens is 360 g/mol. The molecule has 0 radical (unpaired) electrons. The van der Waals surface area contributed by atoms with Gasteiger partial charge in [0.25, 0.3) is 11.8 Å². The molecule has 1 aromatic carbocycles. The highest BCUT2D eigenvalue weighted by Crippen LogP contribution is 2.37. The molecule has 27 heavy (non-hydrogen) atoms. The number of nitrogens with two attached hydrogens (primary N) is 1. The second kappa shape index (κ2) is 7.36. The Kier molecular flexibility index (Phi) is 4.77. The zero-order valence-electron chi connectivity index (χ0n) is 14.8. The first-order chi connectivity index (χ1) is 13.1. The lowest BCUT2D eigenvalue weighted by molar-refractivity contribution is 0.100. The van der Waals surface area contributed by atoms with Crippen molar-refractivity contribution in [3.63, 3.8) is 0 Å². The SMILES string of the molecule is NC(=O)c1c(NC(=O)c2cnn(-c3ccccc3)c2)sc2c1CCCCC2. The van der Waals surface area contributed by atoms with Gasteiger partial charge in [-0.1, -0.05) is 24.6 Å². The van der Waals surface area contributed by atoms with Gasteiger partial charge in [0, 0.05) is 11.1 Å². The summed E-state index contributed by atoms with van der Waals surface area (Å²) < 4.78 is 1.65. The van der Waals surface area contributed by atoms with Gasteiger partial charge in [-0.3, -0.25) is 9.59 Å². The second-order valence-electron chi connectivity index (χ2n) is 6.60. The monoisotopic (exact) mass is 380 g/mol. The van der Waals surface area contributed by atoms with E-state index in [0.29, 0.717) is 16.1 Å². The summed E-state index contributed by atoms with van der Waals surface area (Å²) in [5.41, 5.74) is 8.42. The highest BCUT2D eigenvalue weighted by molar-refractivity contribution is 7.17. The van der Waals surface area contributed by atoms with Gasteiger partial charge in [0.1, 0.15) is 5.00 Å². The number of nitrogens with zero attached hydrogens (tertiary/aromatic N) is 2. The number of primary amides is 1. The topological polar surface area (TPSA) is 90.0 Å². The smallest absolute Gasteiger partial charge is 0.259 e. The third-order valence-corrected chi connectivity index (χ3v) is 5.97. The van der Waals surface area contributed by atoms with Crippen molar-refractivity contribution in [2.75, 3.05) is 5.32 Å². The molecule has 138 valence electrons. The summed E-state index contributed by atoms with van der Waals surface area (Å²) in [6, 6.07) is 9.57. The Morgan fingerprint density at radius 1 is 1.11 bits per heavy atom. The average molecular weight is 380 g/mol. The summed E-state index contributed by atoms with van der Waals surface area (Å²) in [5.74, 6) is -0.777. The second-order valence-corrected chi connectivity index (χ2v) is 7.70. The zero-order chi connectivity index (χ0) is 18.8. The van der Waals surface area contributed by atoms with E-state index in [0.717, 1.165) is 48.2 Å². The Labute approximate surface area is 161 Å². The molecule has 2 aromatic heterocycles. The molecule has 0 unspecified atom stereocenters. The number of nitrogens with one attached hydrogen (secondary N) is 1. The molecule has 0 bridgehead atoms. The number of benzene rings is 1. The van der Waals surface area contributed by atoms with Gasteiger partial charge < -0.3 is 11.1 Å². The molecule has 2 heterocycles. The molecule has 0 aliphatic heterocycles. The molecule has 0 spiro atoms. The number of anilines is 1. The third kappa shape index (κ3) is 3.50. The fraction of sp³-hybridized carbons (Fsp3) is 0.250. The van der Waals surface area contributed by atoms with Crippen LogP contribution in [0.3, 0.4) is 0 Å². The first-order valence-electron chi connectivity index (χ1n) is 8.99. The molecule has 6 nitrogen and oxygen atoms in total. The lowest BCUT2D eigenvalue weighted by Crippen LogP contribution is -2.17. The van der Waals surface area contributed by atoms with Crippen molar-refractivity contribution in [1.29, 1.82) is 0 Å². The first-order valence-corrected chi connectivity index (χ1v) is 9.81. The van der Waals surface area contributed by atoms with Crippen LogP contribution >= 0.6 is 11.3 Å². The Morgan fingerprint density at radius 3 is 2.67 bits per heavy atom. The summed E-state index contributed by atoms with van der Waals surface area (Å²) in [7, 11) is 0. The maximum atomic E-state index is 12.7. The van der Waals surface area contributed by atoms with Crippen molar-refractivity contribution >= 4 is 28.2 Å². The van der Waals surface area contributed by atoms with Crippen LogP contribution in [0.15, 0.2) is 42.7 Å². The molecular formula is C20H20N4O2S. The summed E-state index contributed by atoms with van der Waals surface area (Å²) in [5, 5.41) is 7.68. The van der Waals surface area contributed by atoms with Crippen LogP contribution in [0.25, 0.3) is 5.69 Å². The number of carbonyl (C=O) groups excluding carboxylic acids is 2. The molecule has 0 saturated heterocycles. The number of fused-ring (bicyclic) bond motifs is 1. The molecule has 0 saturated carbocycles. The van der Waals surface area contributed by atoms with Gasteiger partial charge in [-0.2, -0.15) is 5.10 Å². The van der Waals surface area contributed by atoms with Crippen molar-refractivity contribution in [1.82, 2.24) is 9.78 Å². The van der Waals surface area contributed by atoms with Crippen LogP contribution in [0.5, 0.6) is 0 Å². The van der Waals surface area contributed by atoms with Crippen LogP contribution in [0.4, 0.5) is 5.00 Å². The average Bonchev–Trinajstić information content (AvgIpc) is 3.22. The van der Waals surface area contributed by atoms with Gasteiger partial charge in [0.15, 0.2) is 0 Å². The minimum absolute atomic E-state index is 0.295. The van der Waals surface area contributed by atoms with E-state index in [9.17, 15) is 9.59 Å². The van der Waals surface area contributed by atoms with E-state index in [4.69, 9.17) is 5.73 Å². The van der Waals surface area contributed by atoms with E-state index in [1.165, 1.54) is 17.5 Å². The Balaban J connectivity index is 1.60. The van der Waals surface area contributed by atoms with Crippen molar-refractivity contribution in [2.24, 2.45) is 5.73 Å². The molecule has 2 amide bonds. The summed E-state index contributed by atoms with van der Waals surface area (Å²) in [6.45, 7) is 0. The minimum Gasteiger partial charge on any atom is -0.365 e. The highest BCUT2D eigenvalue weighted by Gasteiger charge is 2.24. The number of para-hydroxylation sites is 1. The molecule has 0 atom stereocenters. The number of aromatic nitrogens is 2. The molecule has 3 N–H and O–H groups in total. The molecule has 3 aromatic rings. The maximum Gasteiger partial charge on any atom is 0.259 e. The van der Waals surface area contributed by atoms with Gasteiger partial charge in [-0.15, -0.1) is 11.3 Å². The highest BCUT2D eigenvalue weighted by atomic mass is 32.1. The normalized spacial score (nSPS) is 13.6. The molecule has 0 fully saturated rings. The van der Waals surface area contributed by atoms with Gasteiger partial charge in [-0.25, -0.2) is 4.68 Å². The Bertz CT molecular complexity index is 991. The van der Waals surface area contributed by atoms with Crippen molar-refractivity contribution in [3.05, 3.63) is 64.3 Å². The molecule has 1 aliphatic rings. The quantitative estimate of drug-likeness (QED) is 0.678. The van der Waals surface area contributed by atoms with Gasteiger partial charge >= 0.3 is 0 Å². The van der Waals surface area contributed by atoms with Gasteiger partial charge in [-0.05, 0) is 43.4 Å². The zero-order valence-corrected chi connectivity index (χ0v) is 15.6. The van der Waals surface area contributed by atoms with Crippen LogP contribution < -0.4 is 11.1 Å². The van der Waals surface area contributed by atoms with E-state index in [1.807, 2.05) is 30.3 Å². The van der Waals surface area contributed by atoms with Crippen molar-refractivity contribution < 1.29 is 9.59 Å². The fourth-order valence-electron chi connectivity index (χ4n) is 3.43. The van der Waals surface area contributed by atoms with Crippen LogP contribution in [-0.2, 0) is 12.8 Å². The van der Waals surface area contributed by atoms with Crippen molar-refractivity contribution in [3.8, 4) is 5.69 Å². The number of carbonyl (C=O) groups is 2. The first kappa shape index (κ1) is 17.5. The lowest BCUT2D eigenvalue weighted by Gasteiger charge is -2.05. The van der Waals surface area contributed by atoms with Crippen molar-refractivity contribution in [2.45, 2.75) is 32.1 Å². The molecule has 1 aliphatic carbocycles. The lowest BCUT2D eigenvalue weighted by atomic mass is 10.1. The minimum atomic E-state index is -0.482. The number of hydrogen-bond acceptors (Lipinski definition) is 4. The number of thiophene rings is 1. The molecule has 7 heteroatoms.